The molecule has 0 aliphatic heterocycles. The topological polar surface area (TPSA) is 59.9 Å². The number of aryl methyl sites for hydroxylation is 1. The summed E-state index contributed by atoms with van der Waals surface area (Å²) in [6.07, 6.45) is 3.49. The van der Waals surface area contributed by atoms with E-state index in [0.717, 1.165) is 27.3 Å². The van der Waals surface area contributed by atoms with Gasteiger partial charge in [0.1, 0.15) is 16.4 Å². The second kappa shape index (κ2) is 6.90. The molecule has 26 heavy (non-hydrogen) atoms. The fraction of sp³-hybridized carbons (Fsp3) is 0.105. The second-order valence-corrected chi connectivity index (χ2v) is 7.33. The molecule has 0 saturated heterocycles. The monoisotopic (exact) mass is 382 g/mol. The fourth-order valence-corrected chi connectivity index (χ4v) is 3.78. The number of anilines is 2. The van der Waals surface area contributed by atoms with Crippen LogP contribution in [0.1, 0.15) is 4.88 Å². The van der Waals surface area contributed by atoms with Crippen LogP contribution in [-0.4, -0.2) is 22.1 Å². The van der Waals surface area contributed by atoms with Gasteiger partial charge < -0.3 is 10.1 Å². The molecule has 0 unspecified atom stereocenters. The number of thiophene rings is 1. The molecule has 5 nitrogen and oxygen atoms in total. The van der Waals surface area contributed by atoms with Gasteiger partial charge in [-0.25, -0.2) is 9.97 Å². The molecule has 0 bridgehead atoms. The first-order valence-corrected chi connectivity index (χ1v) is 9.12. The van der Waals surface area contributed by atoms with Crippen molar-refractivity contribution in [3.8, 4) is 17.1 Å². The normalized spacial score (nSPS) is 10.9. The van der Waals surface area contributed by atoms with Gasteiger partial charge in [0.25, 0.3) is 0 Å². The van der Waals surface area contributed by atoms with Gasteiger partial charge in [-0.2, -0.15) is 0 Å². The number of ether oxygens (including phenoxy) is 1. The average Bonchev–Trinajstić information content (AvgIpc) is 3.03. The molecule has 0 spiro atoms. The molecule has 0 aliphatic carbocycles. The number of methoxy groups -OCH3 is 1. The summed E-state index contributed by atoms with van der Waals surface area (Å²) in [7, 11) is 1.59. The Hall–Kier alpha value is -2.70. The number of pyridine rings is 1. The van der Waals surface area contributed by atoms with Crippen molar-refractivity contribution in [2.75, 3.05) is 12.4 Å². The van der Waals surface area contributed by atoms with E-state index in [1.54, 1.807) is 30.8 Å². The van der Waals surface area contributed by atoms with E-state index in [1.807, 2.05) is 30.3 Å². The van der Waals surface area contributed by atoms with E-state index in [2.05, 4.69) is 23.3 Å². The van der Waals surface area contributed by atoms with Crippen molar-refractivity contribution < 1.29 is 4.74 Å². The van der Waals surface area contributed by atoms with Crippen molar-refractivity contribution >= 4 is 44.7 Å². The molecule has 4 rings (SSSR count). The molecular formula is C19H15ClN4OS. The molecule has 3 aromatic heterocycles. The number of hydrogen-bond donors (Lipinski definition) is 1. The highest BCUT2D eigenvalue weighted by atomic mass is 35.5. The number of halogens is 1. The molecule has 0 radical (unpaired) electrons. The predicted octanol–water partition coefficient (Wildman–Crippen LogP) is 5.47. The van der Waals surface area contributed by atoms with Crippen LogP contribution in [0, 0.1) is 6.92 Å². The van der Waals surface area contributed by atoms with Crippen molar-refractivity contribution in [1.82, 2.24) is 15.0 Å². The zero-order valence-corrected chi connectivity index (χ0v) is 15.7. The van der Waals surface area contributed by atoms with E-state index < -0.39 is 0 Å². The van der Waals surface area contributed by atoms with Crippen LogP contribution in [0.15, 0.2) is 48.8 Å². The number of rotatable bonds is 4. The van der Waals surface area contributed by atoms with Crippen LogP contribution in [0.25, 0.3) is 21.6 Å². The van der Waals surface area contributed by atoms with Crippen LogP contribution in [0.5, 0.6) is 5.75 Å². The Labute approximate surface area is 159 Å². The molecule has 3 heterocycles. The molecule has 1 N–H and O–H groups in total. The molecule has 4 aromatic rings. The molecule has 0 atom stereocenters. The molecule has 130 valence electrons. The lowest BCUT2D eigenvalue weighted by atomic mass is 10.2. The van der Waals surface area contributed by atoms with Gasteiger partial charge in [-0.1, -0.05) is 11.6 Å². The van der Waals surface area contributed by atoms with Gasteiger partial charge in [0.15, 0.2) is 5.82 Å². The Morgan fingerprint density at radius 2 is 2.04 bits per heavy atom. The lowest BCUT2D eigenvalue weighted by molar-refractivity contribution is 0.415. The van der Waals surface area contributed by atoms with Crippen LogP contribution in [0.3, 0.4) is 0 Å². The second-order valence-electron chi connectivity index (χ2n) is 5.69. The quantitative estimate of drug-likeness (QED) is 0.507. The van der Waals surface area contributed by atoms with Crippen LogP contribution >= 0.6 is 22.9 Å². The SMILES string of the molecule is COc1ccc(Nc2nc(-c3cccnc3)nc3sc(C)cc23)cc1Cl. The Balaban J connectivity index is 1.81. The van der Waals surface area contributed by atoms with Crippen LogP contribution in [0.2, 0.25) is 5.02 Å². The molecule has 0 aliphatic rings. The third-order valence-corrected chi connectivity index (χ3v) is 5.09. The Morgan fingerprint density at radius 3 is 2.77 bits per heavy atom. The maximum Gasteiger partial charge on any atom is 0.164 e. The third-order valence-electron chi connectivity index (χ3n) is 3.85. The fourth-order valence-electron chi connectivity index (χ4n) is 2.64. The summed E-state index contributed by atoms with van der Waals surface area (Å²) in [5, 5.41) is 4.88. The zero-order chi connectivity index (χ0) is 18.1. The van der Waals surface area contributed by atoms with E-state index in [1.165, 1.54) is 4.88 Å². The molecular weight excluding hydrogens is 368 g/mol. The minimum Gasteiger partial charge on any atom is -0.495 e. The molecule has 0 saturated carbocycles. The molecule has 0 fully saturated rings. The van der Waals surface area contributed by atoms with E-state index in [4.69, 9.17) is 26.3 Å². The minimum atomic E-state index is 0.539. The van der Waals surface area contributed by atoms with Gasteiger partial charge in [-0.05, 0) is 43.3 Å². The largest absolute Gasteiger partial charge is 0.495 e. The van der Waals surface area contributed by atoms with Gasteiger partial charge in [0, 0.05) is 28.5 Å². The van der Waals surface area contributed by atoms with E-state index >= 15 is 0 Å². The predicted molar refractivity (Wildman–Crippen MR) is 107 cm³/mol. The highest BCUT2D eigenvalue weighted by molar-refractivity contribution is 7.18. The summed E-state index contributed by atoms with van der Waals surface area (Å²) in [6, 6.07) is 11.4. The summed E-state index contributed by atoms with van der Waals surface area (Å²) in [5.74, 6) is 2.00. The van der Waals surface area contributed by atoms with Gasteiger partial charge >= 0.3 is 0 Å². The standard InChI is InChI=1S/C19H15ClN4OS/c1-11-8-14-18(22-13-5-6-16(25-2)15(20)9-13)23-17(24-19(14)26-11)12-4-3-7-21-10-12/h3-10H,1-2H3,(H,22,23,24). The smallest absolute Gasteiger partial charge is 0.164 e. The summed E-state index contributed by atoms with van der Waals surface area (Å²) in [5.41, 5.74) is 1.70. The summed E-state index contributed by atoms with van der Waals surface area (Å²) < 4.78 is 5.21. The number of aromatic nitrogens is 3. The average molecular weight is 383 g/mol. The zero-order valence-electron chi connectivity index (χ0n) is 14.2. The Morgan fingerprint density at radius 1 is 1.15 bits per heavy atom. The minimum absolute atomic E-state index is 0.539. The van der Waals surface area contributed by atoms with E-state index in [0.29, 0.717) is 16.6 Å². The molecule has 7 heteroatoms. The van der Waals surface area contributed by atoms with Crippen molar-refractivity contribution in [1.29, 1.82) is 0 Å². The first kappa shape index (κ1) is 16.8. The summed E-state index contributed by atoms with van der Waals surface area (Å²) >= 11 is 7.88. The highest BCUT2D eigenvalue weighted by Crippen LogP contribution is 2.34. The van der Waals surface area contributed by atoms with Crippen molar-refractivity contribution in [2.24, 2.45) is 0 Å². The van der Waals surface area contributed by atoms with Crippen molar-refractivity contribution in [3.63, 3.8) is 0 Å². The van der Waals surface area contributed by atoms with Crippen molar-refractivity contribution in [2.45, 2.75) is 6.92 Å². The Kier molecular flexibility index (Phi) is 4.44. The number of hydrogen-bond acceptors (Lipinski definition) is 6. The summed E-state index contributed by atoms with van der Waals surface area (Å²) in [4.78, 5) is 15.7. The van der Waals surface area contributed by atoms with Gasteiger partial charge in [-0.3, -0.25) is 4.98 Å². The van der Waals surface area contributed by atoms with Crippen molar-refractivity contribution in [3.05, 3.63) is 58.7 Å². The lowest BCUT2D eigenvalue weighted by Gasteiger charge is -2.10. The first-order valence-electron chi connectivity index (χ1n) is 7.93. The van der Waals surface area contributed by atoms with Crippen LogP contribution in [-0.2, 0) is 0 Å². The van der Waals surface area contributed by atoms with Gasteiger partial charge in [-0.15, -0.1) is 11.3 Å². The van der Waals surface area contributed by atoms with Gasteiger partial charge in [0.2, 0.25) is 0 Å². The van der Waals surface area contributed by atoms with Crippen LogP contribution in [0.4, 0.5) is 11.5 Å². The maximum absolute atomic E-state index is 6.24. The maximum atomic E-state index is 6.24. The molecule has 0 amide bonds. The molecule has 1 aromatic carbocycles. The third kappa shape index (κ3) is 3.21. The Bertz CT molecular complexity index is 1080. The highest BCUT2D eigenvalue weighted by Gasteiger charge is 2.13. The van der Waals surface area contributed by atoms with E-state index in [-0.39, 0.29) is 0 Å². The van der Waals surface area contributed by atoms with Gasteiger partial charge in [0.05, 0.1) is 17.5 Å². The summed E-state index contributed by atoms with van der Waals surface area (Å²) in [6.45, 7) is 2.06. The lowest BCUT2D eigenvalue weighted by Crippen LogP contribution is -1.98. The first-order chi connectivity index (χ1) is 12.6. The number of benzene rings is 1. The van der Waals surface area contributed by atoms with E-state index in [9.17, 15) is 0 Å². The van der Waals surface area contributed by atoms with Crippen LogP contribution < -0.4 is 10.1 Å². The number of fused-ring (bicyclic) bond motifs is 1. The number of nitrogens with one attached hydrogen (secondary N) is 1. The number of nitrogens with zero attached hydrogens (tertiary/aromatic N) is 3.